The minimum Gasteiger partial charge on any atom is -0.497 e. The van der Waals surface area contributed by atoms with Crippen molar-refractivity contribution in [3.8, 4) is 11.5 Å². The van der Waals surface area contributed by atoms with Gasteiger partial charge in [-0.3, -0.25) is 0 Å². The summed E-state index contributed by atoms with van der Waals surface area (Å²) >= 11 is 0. The summed E-state index contributed by atoms with van der Waals surface area (Å²) in [6, 6.07) is 33.7. The summed E-state index contributed by atoms with van der Waals surface area (Å²) in [5.74, 6) is 1.72. The Balaban J connectivity index is 1.38. The predicted octanol–water partition coefficient (Wildman–Crippen LogP) is 6.63. The van der Waals surface area contributed by atoms with Crippen LogP contribution in [0.15, 0.2) is 97.1 Å². The fourth-order valence-corrected chi connectivity index (χ4v) is 4.45. The highest BCUT2D eigenvalue weighted by Crippen LogP contribution is 2.25. The maximum atomic E-state index is 5.90. The normalized spacial score (nSPS) is 10.7. The first kappa shape index (κ1) is 28.8. The van der Waals surface area contributed by atoms with Crippen molar-refractivity contribution >= 4 is 17.1 Å². The van der Waals surface area contributed by atoms with Crippen LogP contribution in [0.25, 0.3) is 0 Å². The molecule has 0 bridgehead atoms. The van der Waals surface area contributed by atoms with Crippen LogP contribution in [0.3, 0.4) is 0 Å². The van der Waals surface area contributed by atoms with Gasteiger partial charge in [0, 0.05) is 64.4 Å². The van der Waals surface area contributed by atoms with Gasteiger partial charge >= 0.3 is 0 Å². The van der Waals surface area contributed by atoms with E-state index >= 15 is 0 Å². The lowest BCUT2D eigenvalue weighted by Crippen LogP contribution is -2.22. The Hall–Kier alpha value is -4.16. The molecule has 0 radical (unpaired) electrons. The number of hydrogen-bond acceptors (Lipinski definition) is 6. The van der Waals surface area contributed by atoms with E-state index in [1.54, 1.807) is 7.11 Å². The number of ether oxygens (including phenoxy) is 3. The first-order valence-corrected chi connectivity index (χ1v) is 13.6. The Morgan fingerprint density at radius 3 is 1.82 bits per heavy atom. The monoisotopic (exact) mass is 539 g/mol. The molecule has 0 aromatic heterocycles. The molecule has 0 amide bonds. The van der Waals surface area contributed by atoms with Crippen LogP contribution in [-0.4, -0.2) is 48.5 Å². The van der Waals surface area contributed by atoms with E-state index in [0.717, 1.165) is 41.5 Å². The van der Waals surface area contributed by atoms with E-state index in [0.29, 0.717) is 19.8 Å². The zero-order chi connectivity index (χ0) is 28.3. The zero-order valence-electron chi connectivity index (χ0n) is 24.3. The number of anilines is 3. The Morgan fingerprint density at radius 2 is 1.15 bits per heavy atom. The molecule has 210 valence electrons. The van der Waals surface area contributed by atoms with Gasteiger partial charge in [-0.05, 0) is 65.2 Å². The molecule has 6 heteroatoms. The van der Waals surface area contributed by atoms with Gasteiger partial charge in [0.05, 0.1) is 20.3 Å². The lowest BCUT2D eigenvalue weighted by atomic mass is 10.1. The molecule has 0 spiro atoms. The van der Waals surface area contributed by atoms with Crippen LogP contribution in [0.2, 0.25) is 0 Å². The Morgan fingerprint density at radius 1 is 0.550 bits per heavy atom. The van der Waals surface area contributed by atoms with Gasteiger partial charge in [0.2, 0.25) is 0 Å². The topological polar surface area (TPSA) is 37.4 Å². The fourth-order valence-electron chi connectivity index (χ4n) is 4.45. The van der Waals surface area contributed by atoms with Crippen LogP contribution in [-0.2, 0) is 24.4 Å². The molecule has 0 saturated carbocycles. The van der Waals surface area contributed by atoms with E-state index in [4.69, 9.17) is 14.2 Å². The molecule has 0 unspecified atom stereocenters. The summed E-state index contributed by atoms with van der Waals surface area (Å²) in [5, 5.41) is 0. The average molecular weight is 540 g/mol. The molecule has 4 aromatic rings. The highest BCUT2D eigenvalue weighted by molar-refractivity contribution is 5.52. The molecule has 40 heavy (non-hydrogen) atoms. The Labute approximate surface area is 239 Å². The van der Waals surface area contributed by atoms with Gasteiger partial charge in [-0.2, -0.15) is 0 Å². The van der Waals surface area contributed by atoms with Crippen molar-refractivity contribution in [3.63, 3.8) is 0 Å². The minimum atomic E-state index is 0.509. The molecule has 4 aromatic carbocycles. The van der Waals surface area contributed by atoms with E-state index in [1.165, 1.54) is 16.8 Å². The van der Waals surface area contributed by atoms with E-state index in [-0.39, 0.29) is 0 Å². The van der Waals surface area contributed by atoms with Crippen LogP contribution < -0.4 is 24.2 Å². The quantitative estimate of drug-likeness (QED) is 0.168. The van der Waals surface area contributed by atoms with Crippen molar-refractivity contribution in [2.45, 2.75) is 19.7 Å². The molecule has 0 heterocycles. The average Bonchev–Trinajstić information content (AvgIpc) is 2.97. The zero-order valence-corrected chi connectivity index (χ0v) is 24.3. The van der Waals surface area contributed by atoms with Crippen LogP contribution in [0.5, 0.6) is 11.5 Å². The molecule has 6 nitrogen and oxygen atoms in total. The van der Waals surface area contributed by atoms with Crippen molar-refractivity contribution < 1.29 is 14.2 Å². The van der Waals surface area contributed by atoms with Gasteiger partial charge in [-0.1, -0.05) is 42.5 Å². The molecule has 0 N–H and O–H groups in total. The fraction of sp³-hybridized carbons (Fsp3) is 0.294. The molecule has 0 aliphatic rings. The van der Waals surface area contributed by atoms with Crippen molar-refractivity contribution in [2.75, 3.05) is 63.2 Å². The smallest absolute Gasteiger partial charge is 0.121 e. The summed E-state index contributed by atoms with van der Waals surface area (Å²) in [5.41, 5.74) is 7.06. The Bertz CT molecular complexity index is 1340. The number of benzene rings is 4. The Kier molecular flexibility index (Phi) is 10.3. The van der Waals surface area contributed by atoms with Crippen molar-refractivity contribution in [1.29, 1.82) is 0 Å². The van der Waals surface area contributed by atoms with Crippen molar-refractivity contribution in [2.24, 2.45) is 0 Å². The van der Waals surface area contributed by atoms with Gasteiger partial charge in [0.1, 0.15) is 18.1 Å². The number of rotatable bonds is 14. The molecule has 0 aliphatic carbocycles. The van der Waals surface area contributed by atoms with E-state index in [9.17, 15) is 0 Å². The van der Waals surface area contributed by atoms with Gasteiger partial charge < -0.3 is 28.9 Å². The molecular weight excluding hydrogens is 498 g/mol. The summed E-state index contributed by atoms with van der Waals surface area (Å²) < 4.78 is 17.2. The molecule has 0 saturated heterocycles. The highest BCUT2D eigenvalue weighted by atomic mass is 16.5. The van der Waals surface area contributed by atoms with E-state index in [2.05, 4.69) is 95.5 Å². The van der Waals surface area contributed by atoms with Gasteiger partial charge in [-0.25, -0.2) is 0 Å². The molecule has 0 atom stereocenters. The van der Waals surface area contributed by atoms with Crippen LogP contribution in [0.4, 0.5) is 17.1 Å². The highest BCUT2D eigenvalue weighted by Gasteiger charge is 2.11. The number of hydrogen-bond donors (Lipinski definition) is 0. The van der Waals surface area contributed by atoms with Gasteiger partial charge in [-0.15, -0.1) is 0 Å². The largest absolute Gasteiger partial charge is 0.497 e. The molecular formula is C34H41N3O3. The third kappa shape index (κ3) is 8.42. The van der Waals surface area contributed by atoms with Crippen molar-refractivity contribution in [1.82, 2.24) is 0 Å². The van der Waals surface area contributed by atoms with Crippen LogP contribution in [0.1, 0.15) is 16.7 Å². The van der Waals surface area contributed by atoms with Gasteiger partial charge in [0.15, 0.2) is 0 Å². The maximum Gasteiger partial charge on any atom is 0.121 e. The lowest BCUT2D eigenvalue weighted by Gasteiger charge is -2.26. The summed E-state index contributed by atoms with van der Waals surface area (Å²) in [4.78, 5) is 6.59. The predicted molar refractivity (Wildman–Crippen MR) is 166 cm³/mol. The van der Waals surface area contributed by atoms with Gasteiger partial charge in [0.25, 0.3) is 0 Å². The standard InChI is InChI=1S/C34H41N3O3/c1-35(2)31-11-6-9-28(21-31)24-37(25-29-10-7-13-33(22-29)38-5)30-17-15-27(16-18-30)26-39-19-20-40-34-14-8-12-32(23-34)36(3)4/h6-18,21-23H,19-20,24-26H2,1-5H3. The van der Waals surface area contributed by atoms with E-state index < -0.39 is 0 Å². The first-order valence-electron chi connectivity index (χ1n) is 13.6. The first-order chi connectivity index (χ1) is 19.4. The molecule has 4 rings (SSSR count). The van der Waals surface area contributed by atoms with Crippen LogP contribution >= 0.6 is 0 Å². The van der Waals surface area contributed by atoms with Crippen LogP contribution in [0, 0.1) is 0 Å². The van der Waals surface area contributed by atoms with Crippen molar-refractivity contribution in [3.05, 3.63) is 114 Å². The SMILES string of the molecule is COc1cccc(CN(Cc2cccc(N(C)C)c2)c2ccc(COCCOc3cccc(N(C)C)c3)cc2)c1. The lowest BCUT2D eigenvalue weighted by molar-refractivity contribution is 0.0889. The maximum absolute atomic E-state index is 5.90. The summed E-state index contributed by atoms with van der Waals surface area (Å²) in [7, 11) is 9.90. The summed E-state index contributed by atoms with van der Waals surface area (Å²) in [6.07, 6.45) is 0. The minimum absolute atomic E-state index is 0.509. The number of methoxy groups -OCH3 is 1. The number of nitrogens with zero attached hydrogens (tertiary/aromatic N) is 3. The van der Waals surface area contributed by atoms with E-state index in [1.807, 2.05) is 44.4 Å². The third-order valence-electron chi connectivity index (χ3n) is 6.71. The summed E-state index contributed by atoms with van der Waals surface area (Å²) in [6.45, 7) is 3.14. The molecule has 0 aliphatic heterocycles. The second-order valence-electron chi connectivity index (χ2n) is 10.2. The third-order valence-corrected chi connectivity index (χ3v) is 6.71. The second-order valence-corrected chi connectivity index (χ2v) is 10.2. The molecule has 0 fully saturated rings. The second kappa shape index (κ2) is 14.3.